The fourth-order valence-corrected chi connectivity index (χ4v) is 4.29. The quantitative estimate of drug-likeness (QED) is 0.798. The first-order valence-electron chi connectivity index (χ1n) is 10.5. The summed E-state index contributed by atoms with van der Waals surface area (Å²) in [6.07, 6.45) is 10.3. The molecule has 1 aromatic heterocycles. The summed E-state index contributed by atoms with van der Waals surface area (Å²) in [5.74, 6) is 0.371. The molecule has 1 unspecified atom stereocenters. The topological polar surface area (TPSA) is 75.1 Å². The third-order valence-electron chi connectivity index (χ3n) is 5.83. The third-order valence-corrected chi connectivity index (χ3v) is 5.83. The Morgan fingerprint density at radius 2 is 1.82 bits per heavy atom. The van der Waals surface area contributed by atoms with Gasteiger partial charge in [-0.3, -0.25) is 5.32 Å². The Labute approximate surface area is 166 Å². The zero-order valence-electron chi connectivity index (χ0n) is 16.4. The van der Waals surface area contributed by atoms with Crippen molar-refractivity contribution in [1.82, 2.24) is 25.0 Å². The molecule has 1 aromatic carbocycles. The molecule has 0 radical (unpaired) electrons. The van der Waals surface area contributed by atoms with Crippen molar-refractivity contribution < 1.29 is 4.79 Å². The number of nitrogens with zero attached hydrogens (tertiary/aromatic N) is 4. The maximum absolute atomic E-state index is 12.6. The van der Waals surface area contributed by atoms with Crippen LogP contribution in [0, 0.1) is 0 Å². The minimum absolute atomic E-state index is 0.0558. The van der Waals surface area contributed by atoms with Crippen molar-refractivity contribution >= 4 is 12.0 Å². The van der Waals surface area contributed by atoms with E-state index in [-0.39, 0.29) is 12.1 Å². The van der Waals surface area contributed by atoms with Crippen LogP contribution in [0.1, 0.15) is 62.6 Å². The second kappa shape index (κ2) is 9.19. The van der Waals surface area contributed by atoms with Crippen LogP contribution in [0.4, 0.5) is 10.7 Å². The van der Waals surface area contributed by atoms with E-state index in [2.05, 4.69) is 37.7 Å². The summed E-state index contributed by atoms with van der Waals surface area (Å²) >= 11 is 0. The minimum atomic E-state index is -0.255. The largest absolute Gasteiger partial charge is 0.330 e. The number of amides is 2. The van der Waals surface area contributed by atoms with Gasteiger partial charge in [-0.05, 0) is 44.3 Å². The van der Waals surface area contributed by atoms with Gasteiger partial charge in [-0.15, -0.1) is 5.10 Å². The number of benzene rings is 1. The molecule has 1 saturated carbocycles. The number of hydrogen-bond acceptors (Lipinski definition) is 4. The number of aromatic nitrogens is 3. The zero-order valence-corrected chi connectivity index (χ0v) is 16.4. The van der Waals surface area contributed by atoms with E-state index >= 15 is 0 Å². The third kappa shape index (κ3) is 4.90. The first kappa shape index (κ1) is 18.9. The molecule has 2 fully saturated rings. The van der Waals surface area contributed by atoms with Crippen LogP contribution >= 0.6 is 0 Å². The lowest BCUT2D eigenvalue weighted by Gasteiger charge is -2.24. The maximum atomic E-state index is 12.6. The Bertz CT molecular complexity index is 749. The van der Waals surface area contributed by atoms with E-state index in [4.69, 9.17) is 0 Å². The lowest BCUT2D eigenvalue weighted by Crippen LogP contribution is -2.39. The Morgan fingerprint density at radius 3 is 2.57 bits per heavy atom. The smallest absolute Gasteiger partial charge is 0.322 e. The molecule has 1 atom stereocenters. The van der Waals surface area contributed by atoms with Gasteiger partial charge >= 0.3 is 6.03 Å². The minimum Gasteiger partial charge on any atom is -0.330 e. The average Bonchev–Trinajstić information content (AvgIpc) is 3.41. The van der Waals surface area contributed by atoms with Crippen molar-refractivity contribution in [3.8, 4) is 0 Å². The second-order valence-corrected chi connectivity index (χ2v) is 7.91. The number of hydrogen-bond donors (Lipinski definition) is 2. The zero-order chi connectivity index (χ0) is 19.2. The molecule has 2 N–H and O–H groups in total. The number of rotatable bonds is 6. The molecule has 1 aliphatic heterocycles. The van der Waals surface area contributed by atoms with Gasteiger partial charge in [0.25, 0.3) is 0 Å². The van der Waals surface area contributed by atoms with E-state index in [9.17, 15) is 4.79 Å². The molecule has 1 saturated heterocycles. The molecule has 2 heterocycles. The molecule has 0 spiro atoms. The molecule has 150 valence electrons. The van der Waals surface area contributed by atoms with Gasteiger partial charge in [-0.25, -0.2) is 14.5 Å². The van der Waals surface area contributed by atoms with Crippen LogP contribution < -0.4 is 10.6 Å². The van der Waals surface area contributed by atoms with Crippen LogP contribution in [0.2, 0.25) is 0 Å². The summed E-state index contributed by atoms with van der Waals surface area (Å²) in [6, 6.07) is 10.3. The van der Waals surface area contributed by atoms with Gasteiger partial charge < -0.3 is 10.2 Å². The highest BCUT2D eigenvalue weighted by Gasteiger charge is 2.22. The fraction of sp³-hybridized carbons (Fsp3) is 0.571. The van der Waals surface area contributed by atoms with Crippen molar-refractivity contribution in [1.29, 1.82) is 0 Å². The predicted octanol–water partition coefficient (Wildman–Crippen LogP) is 3.74. The Balaban J connectivity index is 1.37. The molecule has 2 amide bonds. The molecule has 28 heavy (non-hydrogen) atoms. The maximum Gasteiger partial charge on any atom is 0.322 e. The van der Waals surface area contributed by atoms with Crippen LogP contribution in [0.25, 0.3) is 0 Å². The van der Waals surface area contributed by atoms with Crippen LogP contribution in [-0.2, 0) is 0 Å². The normalized spacial score (nSPS) is 19.4. The first-order chi connectivity index (χ1) is 13.8. The molecule has 1 aliphatic carbocycles. The number of nitrogens with one attached hydrogen (secondary N) is 2. The summed E-state index contributed by atoms with van der Waals surface area (Å²) in [6.45, 7) is 3.02. The molecular formula is C21H30N6O. The van der Waals surface area contributed by atoms with Gasteiger partial charge in [0.2, 0.25) is 5.95 Å². The van der Waals surface area contributed by atoms with Gasteiger partial charge in [0.1, 0.15) is 6.33 Å². The van der Waals surface area contributed by atoms with Crippen molar-refractivity contribution in [3.05, 3.63) is 42.2 Å². The highest BCUT2D eigenvalue weighted by atomic mass is 16.2. The van der Waals surface area contributed by atoms with Gasteiger partial charge in [-0.1, -0.05) is 49.6 Å². The molecule has 2 aliphatic rings. The summed E-state index contributed by atoms with van der Waals surface area (Å²) in [5, 5.41) is 10.4. The van der Waals surface area contributed by atoms with E-state index in [1.807, 2.05) is 22.9 Å². The van der Waals surface area contributed by atoms with Crippen molar-refractivity contribution in [2.75, 3.05) is 25.0 Å². The highest BCUT2D eigenvalue weighted by molar-refractivity contribution is 5.87. The molecule has 2 aromatic rings. The summed E-state index contributed by atoms with van der Waals surface area (Å²) in [7, 11) is 0. The molecule has 0 bridgehead atoms. The van der Waals surface area contributed by atoms with Gasteiger partial charge in [0, 0.05) is 6.54 Å². The molecular weight excluding hydrogens is 352 g/mol. The second-order valence-electron chi connectivity index (χ2n) is 7.91. The van der Waals surface area contributed by atoms with Crippen LogP contribution in [0.5, 0.6) is 0 Å². The van der Waals surface area contributed by atoms with Crippen LogP contribution in [0.15, 0.2) is 36.7 Å². The Kier molecular flexibility index (Phi) is 6.21. The highest BCUT2D eigenvalue weighted by Crippen LogP contribution is 2.27. The van der Waals surface area contributed by atoms with Gasteiger partial charge in [-0.2, -0.15) is 0 Å². The number of anilines is 1. The van der Waals surface area contributed by atoms with Gasteiger partial charge in [0.05, 0.1) is 12.1 Å². The van der Waals surface area contributed by atoms with Crippen LogP contribution in [0.3, 0.4) is 0 Å². The van der Waals surface area contributed by atoms with E-state index in [0.29, 0.717) is 12.0 Å². The number of carbonyl (C=O) groups excluding carboxylic acids is 1. The van der Waals surface area contributed by atoms with E-state index in [1.54, 1.807) is 6.33 Å². The molecule has 7 nitrogen and oxygen atoms in total. The van der Waals surface area contributed by atoms with Crippen molar-refractivity contribution in [2.45, 2.75) is 57.0 Å². The standard InChI is InChI=1S/C21H30N6O/c28-21(24-20-22-16-27(25-20)18-11-5-2-6-12-18)23-19(15-26-13-7-8-14-26)17-9-3-1-4-10-17/h1,3-4,9-10,16,18-19H,2,5-8,11-15H2,(H2,23,24,25,28). The lowest BCUT2D eigenvalue weighted by molar-refractivity contribution is 0.240. The number of carbonyl (C=O) groups is 1. The van der Waals surface area contributed by atoms with Crippen LogP contribution in [-0.4, -0.2) is 45.3 Å². The van der Waals surface area contributed by atoms with Crippen molar-refractivity contribution in [3.63, 3.8) is 0 Å². The summed E-state index contributed by atoms with van der Waals surface area (Å²) < 4.78 is 1.91. The SMILES string of the molecule is O=C(Nc1ncn(C2CCCCC2)n1)NC(CN1CCCC1)c1ccccc1. The Morgan fingerprint density at radius 1 is 1.07 bits per heavy atom. The predicted molar refractivity (Wildman–Crippen MR) is 109 cm³/mol. The average molecular weight is 383 g/mol. The van der Waals surface area contributed by atoms with Gasteiger partial charge in [0.15, 0.2) is 0 Å². The fourth-order valence-electron chi connectivity index (χ4n) is 4.29. The summed E-state index contributed by atoms with van der Waals surface area (Å²) in [4.78, 5) is 19.3. The van der Waals surface area contributed by atoms with Crippen molar-refractivity contribution in [2.24, 2.45) is 0 Å². The molecule has 4 rings (SSSR count). The summed E-state index contributed by atoms with van der Waals surface area (Å²) in [5.41, 5.74) is 1.12. The van der Waals surface area contributed by atoms with E-state index < -0.39 is 0 Å². The Hall–Kier alpha value is -2.41. The number of likely N-dealkylation sites (tertiary alicyclic amines) is 1. The lowest BCUT2D eigenvalue weighted by atomic mass is 9.96. The molecule has 7 heteroatoms. The number of urea groups is 1. The monoisotopic (exact) mass is 382 g/mol. The van der Waals surface area contributed by atoms with E-state index in [0.717, 1.165) is 38.0 Å². The first-order valence-corrected chi connectivity index (χ1v) is 10.5. The van der Waals surface area contributed by atoms with E-state index in [1.165, 1.54) is 32.1 Å².